The molecular weight excluding hydrogens is 538 g/mol. The van der Waals surface area contributed by atoms with Crippen LogP contribution in [0.15, 0.2) is 88.1 Å². The molecule has 1 amide bonds. The van der Waals surface area contributed by atoms with Gasteiger partial charge >= 0.3 is 0 Å². The molecule has 1 aliphatic heterocycles. The van der Waals surface area contributed by atoms with Crippen LogP contribution >= 0.6 is 0 Å². The van der Waals surface area contributed by atoms with Gasteiger partial charge in [-0.3, -0.25) is 4.79 Å². The van der Waals surface area contributed by atoms with Crippen LogP contribution in [0.4, 0.5) is 5.69 Å². The Balaban J connectivity index is 1.60. The van der Waals surface area contributed by atoms with Crippen LogP contribution in [0, 0.1) is 12.8 Å². The highest BCUT2D eigenvalue weighted by Gasteiger charge is 2.34. The maximum Gasteiger partial charge on any atom is 0.251 e. The molecule has 2 aliphatic rings. The number of aliphatic hydroxyl groups excluding tert-OH is 1. The van der Waals surface area contributed by atoms with Crippen molar-refractivity contribution in [3.63, 3.8) is 0 Å². The van der Waals surface area contributed by atoms with Gasteiger partial charge in [-0.1, -0.05) is 56.3 Å². The lowest BCUT2D eigenvalue weighted by Crippen LogP contribution is -2.51. The number of nitrogens with one attached hydrogen (secondary N) is 2. The number of hydrogen-bond donors (Lipinski definition) is 4. The fraction of sp³-hybridized carbons (Fsp3) is 0.355. The quantitative estimate of drug-likeness (QED) is 0.286. The van der Waals surface area contributed by atoms with E-state index in [9.17, 15) is 18.3 Å². The van der Waals surface area contributed by atoms with Crippen LogP contribution in [0.1, 0.15) is 41.8 Å². The highest BCUT2D eigenvalue weighted by molar-refractivity contribution is 7.93. The lowest BCUT2D eigenvalue weighted by atomic mass is 9.99. The molecule has 218 valence electrons. The number of hydrogen-bond acceptors (Lipinski definition) is 7. The molecule has 0 bridgehead atoms. The van der Waals surface area contributed by atoms with Crippen molar-refractivity contribution in [2.45, 2.75) is 45.8 Å². The fourth-order valence-electron chi connectivity index (χ4n) is 4.95. The number of nitrogen functional groups attached to an aromatic ring is 1. The Morgan fingerprint density at radius 1 is 1.10 bits per heavy atom. The zero-order valence-electron chi connectivity index (χ0n) is 24.0. The topological polar surface area (TPSA) is 137 Å². The third-order valence-electron chi connectivity index (χ3n) is 7.26. The molecule has 10 heteroatoms. The minimum Gasteiger partial charge on any atom is -0.398 e. The molecule has 2 unspecified atom stereocenters. The first-order chi connectivity index (χ1) is 19.5. The van der Waals surface area contributed by atoms with Crippen molar-refractivity contribution < 1.29 is 18.3 Å². The summed E-state index contributed by atoms with van der Waals surface area (Å²) in [6.07, 6.45) is 4.55. The molecule has 0 spiro atoms. The fourth-order valence-corrected chi connectivity index (χ4v) is 6.68. The Morgan fingerprint density at radius 3 is 2.51 bits per heavy atom. The van der Waals surface area contributed by atoms with Gasteiger partial charge in [0.15, 0.2) is 0 Å². The van der Waals surface area contributed by atoms with Crippen LogP contribution < -0.4 is 16.4 Å². The summed E-state index contributed by atoms with van der Waals surface area (Å²) in [7, 11) is -2.17. The minimum atomic E-state index is -3.94. The van der Waals surface area contributed by atoms with Crippen molar-refractivity contribution in [2.75, 3.05) is 25.9 Å². The second-order valence-electron chi connectivity index (χ2n) is 10.8. The molecule has 0 radical (unpaired) electrons. The van der Waals surface area contributed by atoms with Crippen molar-refractivity contribution in [1.82, 2.24) is 14.9 Å². The molecule has 9 nitrogen and oxygen atoms in total. The molecular formula is C31H39N5O4S. The van der Waals surface area contributed by atoms with Crippen molar-refractivity contribution in [3.8, 4) is 0 Å². The van der Waals surface area contributed by atoms with E-state index in [1.165, 1.54) is 4.31 Å². The first kappa shape index (κ1) is 30.2. The Hall–Kier alpha value is -3.73. The van der Waals surface area contributed by atoms with Gasteiger partial charge in [-0.25, -0.2) is 13.4 Å². The van der Waals surface area contributed by atoms with Crippen molar-refractivity contribution in [3.05, 3.63) is 99.7 Å². The smallest absolute Gasteiger partial charge is 0.251 e. The van der Waals surface area contributed by atoms with Gasteiger partial charge in [0.05, 0.1) is 22.8 Å². The number of anilines is 1. The van der Waals surface area contributed by atoms with E-state index in [0.717, 1.165) is 11.1 Å². The summed E-state index contributed by atoms with van der Waals surface area (Å²) in [5, 5.41) is 17.5. The standard InChI is InChI=1S/C31H39N5O4S/c1-20(2)18-36(41(39,40)24-14-13-23-16-30(33-4)34-27(23)17-24)19-29(37)28(15-22-9-6-5-7-10-22)35-31(38)25-11-8-12-26(32)21(25)3/h5-14,16,20,28-29,33,37H,15,17-19,32H2,1-4H3,(H,35,38). The van der Waals surface area contributed by atoms with Crippen LogP contribution in [0.25, 0.3) is 0 Å². The van der Waals surface area contributed by atoms with Gasteiger partial charge in [-0.15, -0.1) is 0 Å². The number of carbonyl (C=O) groups excluding carboxylic acids is 1. The maximum absolute atomic E-state index is 13.9. The Labute approximate surface area is 242 Å². The predicted octanol–water partition coefficient (Wildman–Crippen LogP) is 3.30. The molecule has 1 aliphatic carbocycles. The number of carbonyl (C=O) groups is 1. The van der Waals surface area contributed by atoms with Gasteiger partial charge in [-0.2, -0.15) is 4.31 Å². The second-order valence-corrected chi connectivity index (χ2v) is 12.8. The van der Waals surface area contributed by atoms with Crippen molar-refractivity contribution in [2.24, 2.45) is 10.9 Å². The largest absolute Gasteiger partial charge is 0.398 e. The number of sulfonamides is 1. The number of amides is 1. The maximum atomic E-state index is 13.9. The number of nitrogens with zero attached hydrogens (tertiary/aromatic N) is 2. The molecule has 41 heavy (non-hydrogen) atoms. The normalized spacial score (nSPS) is 16.4. The average Bonchev–Trinajstić information content (AvgIpc) is 3.37. The molecule has 4 rings (SSSR count). The van der Waals surface area contributed by atoms with E-state index in [1.54, 1.807) is 44.3 Å². The van der Waals surface area contributed by atoms with E-state index in [4.69, 9.17) is 5.73 Å². The summed E-state index contributed by atoms with van der Waals surface area (Å²) in [5.74, 6) is 0.307. The molecule has 2 aromatic rings. The first-order valence-corrected chi connectivity index (χ1v) is 15.2. The van der Waals surface area contributed by atoms with Gasteiger partial charge in [0.2, 0.25) is 10.0 Å². The third-order valence-corrected chi connectivity index (χ3v) is 9.18. The van der Waals surface area contributed by atoms with Gasteiger partial charge in [0.25, 0.3) is 5.91 Å². The van der Waals surface area contributed by atoms with Gasteiger partial charge in [0, 0.05) is 43.4 Å². The molecule has 0 saturated carbocycles. The van der Waals surface area contributed by atoms with Crippen LogP contribution in [0.5, 0.6) is 0 Å². The zero-order valence-corrected chi connectivity index (χ0v) is 24.8. The van der Waals surface area contributed by atoms with E-state index >= 15 is 0 Å². The monoisotopic (exact) mass is 577 g/mol. The predicted molar refractivity (Wildman–Crippen MR) is 164 cm³/mol. The number of nitrogens with two attached hydrogens (primary N) is 1. The molecule has 0 fully saturated rings. The molecule has 0 aromatic heterocycles. The SMILES string of the molecule is CNC1=CC2=CC=C(S(=O)(=O)N(CC(C)C)CC(O)C(Cc3ccccc3)NC(=O)c3cccc(N)c3C)CC2=N1. The van der Waals surface area contributed by atoms with Crippen LogP contribution in [0.2, 0.25) is 0 Å². The third kappa shape index (κ3) is 7.13. The highest BCUT2D eigenvalue weighted by atomic mass is 32.2. The molecule has 5 N–H and O–H groups in total. The van der Waals surface area contributed by atoms with Crippen molar-refractivity contribution >= 4 is 27.3 Å². The Bertz CT molecular complexity index is 1510. The summed E-state index contributed by atoms with van der Waals surface area (Å²) >= 11 is 0. The van der Waals surface area contributed by atoms with E-state index in [0.29, 0.717) is 34.8 Å². The summed E-state index contributed by atoms with van der Waals surface area (Å²) in [6, 6.07) is 13.8. The van der Waals surface area contributed by atoms with E-state index in [1.807, 2.05) is 50.3 Å². The summed E-state index contributed by atoms with van der Waals surface area (Å²) in [4.78, 5) is 18.1. The lowest BCUT2D eigenvalue weighted by Gasteiger charge is -2.31. The molecule has 2 atom stereocenters. The summed E-state index contributed by atoms with van der Waals surface area (Å²) < 4.78 is 29.2. The van der Waals surface area contributed by atoms with Gasteiger partial charge in [-0.05, 0) is 54.7 Å². The van der Waals surface area contributed by atoms with Gasteiger partial charge in [0.1, 0.15) is 5.82 Å². The van der Waals surface area contributed by atoms with E-state index in [2.05, 4.69) is 15.6 Å². The van der Waals surface area contributed by atoms with Gasteiger partial charge < -0.3 is 21.5 Å². The Kier molecular flexibility index (Phi) is 9.47. The van der Waals surface area contributed by atoms with Crippen LogP contribution in [-0.4, -0.2) is 61.7 Å². The number of fused-ring (bicyclic) bond motifs is 1. The number of benzene rings is 2. The highest BCUT2D eigenvalue weighted by Crippen LogP contribution is 2.29. The minimum absolute atomic E-state index is 0.00533. The molecule has 1 heterocycles. The molecule has 2 aromatic carbocycles. The van der Waals surface area contributed by atoms with Crippen LogP contribution in [-0.2, 0) is 16.4 Å². The average molecular weight is 578 g/mol. The first-order valence-electron chi connectivity index (χ1n) is 13.8. The number of rotatable bonds is 12. The number of aliphatic imine (C=N–C) groups is 1. The number of aliphatic hydroxyl groups is 1. The van der Waals surface area contributed by atoms with E-state index in [-0.39, 0.29) is 36.2 Å². The van der Waals surface area contributed by atoms with E-state index < -0.39 is 22.2 Å². The number of allylic oxidation sites excluding steroid dienone is 5. The second kappa shape index (κ2) is 12.8. The van der Waals surface area contributed by atoms with Crippen LogP contribution in [0.3, 0.4) is 0 Å². The summed E-state index contributed by atoms with van der Waals surface area (Å²) in [6.45, 7) is 5.65. The van der Waals surface area contributed by atoms with Crippen molar-refractivity contribution in [1.29, 1.82) is 0 Å². The summed E-state index contributed by atoms with van der Waals surface area (Å²) in [5.41, 5.74) is 10.0. The zero-order chi connectivity index (χ0) is 29.7. The Morgan fingerprint density at radius 2 is 1.83 bits per heavy atom. The lowest BCUT2D eigenvalue weighted by molar-refractivity contribution is 0.0776. The molecule has 0 saturated heterocycles.